The number of halogens is 2. The molecule has 5 nitrogen and oxygen atoms in total. The van der Waals surface area contributed by atoms with Crippen LogP contribution in [0, 0.1) is 5.82 Å². The van der Waals surface area contributed by atoms with E-state index in [1.165, 1.54) is 12.1 Å². The molecule has 0 bridgehead atoms. The third-order valence-corrected chi connectivity index (χ3v) is 3.34. The summed E-state index contributed by atoms with van der Waals surface area (Å²) >= 11 is 3.14. The Morgan fingerprint density at radius 3 is 2.95 bits per heavy atom. The van der Waals surface area contributed by atoms with Crippen LogP contribution in [0.4, 0.5) is 10.1 Å². The molecule has 2 aromatic rings. The topological polar surface area (TPSA) is 72.9 Å². The van der Waals surface area contributed by atoms with Crippen molar-refractivity contribution in [1.82, 2.24) is 15.1 Å². The first kappa shape index (κ1) is 13.5. The number of benzene rings is 1. The van der Waals surface area contributed by atoms with Crippen LogP contribution in [-0.2, 0) is 13.6 Å². The second kappa shape index (κ2) is 5.40. The molecule has 0 radical (unpaired) electrons. The van der Waals surface area contributed by atoms with Crippen molar-refractivity contribution >= 4 is 27.5 Å². The zero-order valence-electron chi connectivity index (χ0n) is 10.2. The minimum absolute atomic E-state index is 0.0612. The molecule has 0 spiro atoms. The second-order valence-electron chi connectivity index (χ2n) is 3.98. The average molecular weight is 327 g/mol. The molecular weight excluding hydrogens is 315 g/mol. The largest absolute Gasteiger partial charge is 0.396 e. The fourth-order valence-electron chi connectivity index (χ4n) is 1.58. The Balaban J connectivity index is 2.12. The summed E-state index contributed by atoms with van der Waals surface area (Å²) in [5.41, 5.74) is 6.54. The molecular formula is C12H12BrFN4O. The van der Waals surface area contributed by atoms with Gasteiger partial charge in [0.25, 0.3) is 5.91 Å². The lowest BCUT2D eigenvalue weighted by Crippen LogP contribution is -2.24. The molecule has 0 saturated carbocycles. The third kappa shape index (κ3) is 2.93. The van der Waals surface area contributed by atoms with E-state index < -0.39 is 5.82 Å². The number of aromatic nitrogens is 2. The van der Waals surface area contributed by atoms with Crippen molar-refractivity contribution < 1.29 is 9.18 Å². The summed E-state index contributed by atoms with van der Waals surface area (Å²) in [6.45, 7) is 0.332. The van der Waals surface area contributed by atoms with Gasteiger partial charge in [0.05, 0.1) is 23.5 Å². The number of carbonyl (C=O) groups is 1. The summed E-state index contributed by atoms with van der Waals surface area (Å²) in [7, 11) is 1.79. The van der Waals surface area contributed by atoms with Crippen molar-refractivity contribution in [3.05, 3.63) is 45.9 Å². The van der Waals surface area contributed by atoms with Crippen LogP contribution in [0.25, 0.3) is 0 Å². The maximum absolute atomic E-state index is 13.2. The van der Waals surface area contributed by atoms with Crippen LogP contribution in [0.2, 0.25) is 0 Å². The van der Waals surface area contributed by atoms with E-state index in [1.54, 1.807) is 24.0 Å². The van der Waals surface area contributed by atoms with Gasteiger partial charge < -0.3 is 11.1 Å². The number of nitrogen functional groups attached to an aromatic ring is 1. The molecule has 0 unspecified atom stereocenters. The number of nitrogens with one attached hydrogen (secondary N) is 1. The van der Waals surface area contributed by atoms with E-state index in [0.717, 1.165) is 5.69 Å². The summed E-state index contributed by atoms with van der Waals surface area (Å²) in [5.74, 6) is -0.894. The maximum Gasteiger partial charge on any atom is 0.252 e. The zero-order chi connectivity index (χ0) is 14.0. The number of aryl methyl sites for hydroxylation is 1. The van der Waals surface area contributed by atoms with Gasteiger partial charge in [-0.3, -0.25) is 9.48 Å². The van der Waals surface area contributed by atoms with Crippen LogP contribution in [-0.4, -0.2) is 15.7 Å². The van der Waals surface area contributed by atoms with Gasteiger partial charge in [0.1, 0.15) is 5.82 Å². The van der Waals surface area contributed by atoms with Crippen molar-refractivity contribution in [1.29, 1.82) is 0 Å². The Labute approximate surface area is 117 Å². The third-order valence-electron chi connectivity index (χ3n) is 2.68. The van der Waals surface area contributed by atoms with Crippen molar-refractivity contribution in [2.45, 2.75) is 6.54 Å². The lowest BCUT2D eigenvalue weighted by molar-refractivity contribution is 0.0949. The van der Waals surface area contributed by atoms with Gasteiger partial charge in [-0.15, -0.1) is 0 Å². The number of hydrogen-bond acceptors (Lipinski definition) is 3. The zero-order valence-corrected chi connectivity index (χ0v) is 11.7. The van der Waals surface area contributed by atoms with Gasteiger partial charge in [-0.1, -0.05) is 0 Å². The predicted molar refractivity (Wildman–Crippen MR) is 72.9 cm³/mol. The summed E-state index contributed by atoms with van der Waals surface area (Å²) in [6.07, 6.45) is 1.65. The summed E-state index contributed by atoms with van der Waals surface area (Å²) < 4.78 is 15.2. The molecule has 1 heterocycles. The quantitative estimate of drug-likeness (QED) is 0.845. The van der Waals surface area contributed by atoms with Crippen LogP contribution >= 0.6 is 15.9 Å². The first-order valence-electron chi connectivity index (χ1n) is 5.48. The Morgan fingerprint density at radius 1 is 1.58 bits per heavy atom. The van der Waals surface area contributed by atoms with Gasteiger partial charge in [-0.25, -0.2) is 4.39 Å². The molecule has 100 valence electrons. The van der Waals surface area contributed by atoms with Crippen molar-refractivity contribution in [3.63, 3.8) is 0 Å². The van der Waals surface area contributed by atoms with Crippen LogP contribution in [0.5, 0.6) is 0 Å². The highest BCUT2D eigenvalue weighted by molar-refractivity contribution is 9.10. The number of nitrogens with zero attached hydrogens (tertiary/aromatic N) is 2. The fraction of sp³-hybridized carbons (Fsp3) is 0.167. The summed E-state index contributed by atoms with van der Waals surface area (Å²) in [4.78, 5) is 12.0. The molecule has 19 heavy (non-hydrogen) atoms. The Morgan fingerprint density at radius 2 is 2.32 bits per heavy atom. The van der Waals surface area contributed by atoms with E-state index in [2.05, 4.69) is 26.3 Å². The van der Waals surface area contributed by atoms with Gasteiger partial charge in [0.2, 0.25) is 0 Å². The average Bonchev–Trinajstić information content (AvgIpc) is 2.76. The lowest BCUT2D eigenvalue weighted by atomic mass is 10.2. The van der Waals surface area contributed by atoms with Crippen LogP contribution in [0.3, 0.4) is 0 Å². The SMILES string of the molecule is Cn1nccc1CNC(=O)c1cc(N)c(F)cc1Br. The molecule has 1 aromatic heterocycles. The van der Waals surface area contributed by atoms with Gasteiger partial charge in [0, 0.05) is 17.7 Å². The number of carbonyl (C=O) groups excluding carboxylic acids is 1. The minimum Gasteiger partial charge on any atom is -0.396 e. The molecule has 7 heteroatoms. The van der Waals surface area contributed by atoms with E-state index in [0.29, 0.717) is 16.6 Å². The smallest absolute Gasteiger partial charge is 0.252 e. The first-order chi connectivity index (χ1) is 8.99. The van der Waals surface area contributed by atoms with E-state index >= 15 is 0 Å². The number of anilines is 1. The van der Waals surface area contributed by atoms with E-state index in [9.17, 15) is 9.18 Å². The Bertz CT molecular complexity index is 626. The number of amides is 1. The molecule has 0 saturated heterocycles. The van der Waals surface area contributed by atoms with Gasteiger partial charge >= 0.3 is 0 Å². The Kier molecular flexibility index (Phi) is 3.84. The highest BCUT2D eigenvalue weighted by Crippen LogP contribution is 2.22. The van der Waals surface area contributed by atoms with Crippen LogP contribution < -0.4 is 11.1 Å². The fourth-order valence-corrected chi connectivity index (χ4v) is 2.08. The molecule has 0 atom stereocenters. The highest BCUT2D eigenvalue weighted by Gasteiger charge is 2.13. The van der Waals surface area contributed by atoms with Crippen molar-refractivity contribution in [3.8, 4) is 0 Å². The molecule has 2 rings (SSSR count). The molecule has 0 aliphatic carbocycles. The Hall–Kier alpha value is -1.89. The standard InChI is InChI=1S/C12H12BrFN4O/c1-18-7(2-3-17-18)6-16-12(19)8-4-11(15)10(14)5-9(8)13/h2-5H,6,15H2,1H3,(H,16,19). The maximum atomic E-state index is 13.2. The molecule has 3 N–H and O–H groups in total. The number of rotatable bonds is 3. The van der Waals surface area contributed by atoms with Crippen molar-refractivity contribution in [2.75, 3.05) is 5.73 Å². The van der Waals surface area contributed by atoms with Crippen molar-refractivity contribution in [2.24, 2.45) is 7.05 Å². The minimum atomic E-state index is -0.560. The molecule has 0 fully saturated rings. The molecule has 0 aliphatic rings. The normalized spacial score (nSPS) is 10.5. The van der Waals surface area contributed by atoms with E-state index in [1.807, 2.05) is 0 Å². The lowest BCUT2D eigenvalue weighted by Gasteiger charge is -2.08. The predicted octanol–water partition coefficient (Wildman–Crippen LogP) is 1.83. The van der Waals surface area contributed by atoms with Gasteiger partial charge in [-0.2, -0.15) is 5.10 Å². The van der Waals surface area contributed by atoms with E-state index in [4.69, 9.17) is 5.73 Å². The van der Waals surface area contributed by atoms with Gasteiger partial charge in [0.15, 0.2) is 0 Å². The first-order valence-corrected chi connectivity index (χ1v) is 6.28. The monoisotopic (exact) mass is 326 g/mol. The number of hydrogen-bond donors (Lipinski definition) is 2. The summed E-state index contributed by atoms with van der Waals surface area (Å²) in [6, 6.07) is 4.28. The molecule has 1 aromatic carbocycles. The number of nitrogens with two attached hydrogens (primary N) is 1. The highest BCUT2D eigenvalue weighted by atomic mass is 79.9. The summed E-state index contributed by atoms with van der Waals surface area (Å²) in [5, 5.41) is 6.72. The molecule has 1 amide bonds. The van der Waals surface area contributed by atoms with Crippen LogP contribution in [0.1, 0.15) is 16.1 Å². The van der Waals surface area contributed by atoms with E-state index in [-0.39, 0.29) is 11.6 Å². The van der Waals surface area contributed by atoms with Gasteiger partial charge in [-0.05, 0) is 34.1 Å². The second-order valence-corrected chi connectivity index (χ2v) is 4.84. The molecule has 0 aliphatic heterocycles. The van der Waals surface area contributed by atoms with Crippen LogP contribution in [0.15, 0.2) is 28.9 Å².